The van der Waals surface area contributed by atoms with Gasteiger partial charge in [0.1, 0.15) is 5.65 Å². The second-order valence-corrected chi connectivity index (χ2v) is 11.9. The molecular formula is C39H25N3S. The van der Waals surface area contributed by atoms with Crippen LogP contribution in [0.25, 0.3) is 76.2 Å². The number of imidazole rings is 1. The average Bonchev–Trinajstić information content (AvgIpc) is 3.77. The fourth-order valence-corrected chi connectivity index (χ4v) is 7.63. The largest absolute Gasteiger partial charge is 0.309 e. The Hall–Kier alpha value is -5.45. The predicted octanol–water partition coefficient (Wildman–Crippen LogP) is 10.6. The molecule has 0 radical (unpaired) electrons. The molecular weight excluding hydrogens is 543 g/mol. The number of benzene rings is 5. The highest BCUT2D eigenvalue weighted by molar-refractivity contribution is 7.23. The zero-order valence-electron chi connectivity index (χ0n) is 23.2. The molecule has 0 spiro atoms. The molecule has 3 nitrogen and oxygen atoms in total. The summed E-state index contributed by atoms with van der Waals surface area (Å²) in [6.07, 6.45) is 2.09. The lowest BCUT2D eigenvalue weighted by Gasteiger charge is -2.10. The van der Waals surface area contributed by atoms with E-state index in [9.17, 15) is 0 Å². The number of fused-ring (bicyclic) bond motifs is 6. The van der Waals surface area contributed by atoms with E-state index >= 15 is 0 Å². The highest BCUT2D eigenvalue weighted by Crippen LogP contribution is 2.43. The van der Waals surface area contributed by atoms with Crippen molar-refractivity contribution in [1.29, 1.82) is 0 Å². The Morgan fingerprint density at radius 3 is 2.09 bits per heavy atom. The van der Waals surface area contributed by atoms with Crippen LogP contribution in [0.5, 0.6) is 0 Å². The lowest BCUT2D eigenvalue weighted by atomic mass is 10.0. The molecule has 0 saturated carbocycles. The minimum Gasteiger partial charge on any atom is -0.309 e. The Morgan fingerprint density at radius 2 is 1.28 bits per heavy atom. The first kappa shape index (κ1) is 24.2. The summed E-state index contributed by atoms with van der Waals surface area (Å²) in [4.78, 5) is 6.37. The van der Waals surface area contributed by atoms with Crippen LogP contribution in [0, 0.1) is 0 Å². The quantitative estimate of drug-likeness (QED) is 0.207. The molecule has 4 heterocycles. The fourth-order valence-electron chi connectivity index (χ4n) is 6.41. The summed E-state index contributed by atoms with van der Waals surface area (Å²) in [5.41, 5.74) is 10.1. The zero-order chi connectivity index (χ0) is 28.3. The van der Waals surface area contributed by atoms with E-state index in [1.165, 1.54) is 42.3 Å². The Bertz CT molecular complexity index is 2430. The van der Waals surface area contributed by atoms with Crippen LogP contribution >= 0.6 is 11.3 Å². The van der Waals surface area contributed by atoms with E-state index in [0.29, 0.717) is 0 Å². The Kier molecular flexibility index (Phi) is 5.37. The van der Waals surface area contributed by atoms with Crippen molar-refractivity contribution in [2.75, 3.05) is 0 Å². The van der Waals surface area contributed by atoms with Crippen LogP contribution in [0.3, 0.4) is 0 Å². The summed E-state index contributed by atoms with van der Waals surface area (Å²) >= 11 is 1.88. The minimum absolute atomic E-state index is 0.942. The lowest BCUT2D eigenvalue weighted by molar-refractivity contribution is 1.18. The van der Waals surface area contributed by atoms with Gasteiger partial charge in [-0.25, -0.2) is 4.98 Å². The van der Waals surface area contributed by atoms with Crippen molar-refractivity contribution < 1.29 is 0 Å². The first-order chi connectivity index (χ1) is 21.3. The number of hydrogen-bond acceptors (Lipinski definition) is 2. The van der Waals surface area contributed by atoms with Gasteiger partial charge >= 0.3 is 0 Å². The third-order valence-electron chi connectivity index (χ3n) is 8.35. The van der Waals surface area contributed by atoms with E-state index < -0.39 is 0 Å². The average molecular weight is 568 g/mol. The standard InChI is InChI=1S/C39H25N3S/c1-3-11-26(12-4-1)34-25-29-20-23-33-36(39(29)43-34)31-15-7-8-16-32(31)42(33)30-21-18-27(19-22-30)37-38(28-13-5-2-6-14-28)41-24-10-9-17-35(41)40-37/h1-25H. The van der Waals surface area contributed by atoms with Gasteiger partial charge < -0.3 is 4.57 Å². The van der Waals surface area contributed by atoms with Crippen molar-refractivity contribution in [2.45, 2.75) is 0 Å². The van der Waals surface area contributed by atoms with E-state index in [2.05, 4.69) is 155 Å². The third-order valence-corrected chi connectivity index (χ3v) is 9.57. The second kappa shape index (κ2) is 9.55. The van der Waals surface area contributed by atoms with Crippen LogP contribution in [0.15, 0.2) is 152 Å². The minimum atomic E-state index is 0.942. The zero-order valence-corrected chi connectivity index (χ0v) is 24.0. The molecule has 4 aromatic heterocycles. The monoisotopic (exact) mass is 567 g/mol. The number of para-hydroxylation sites is 1. The number of thiophene rings is 1. The van der Waals surface area contributed by atoms with Gasteiger partial charge in [0.2, 0.25) is 0 Å². The maximum Gasteiger partial charge on any atom is 0.137 e. The molecule has 0 fully saturated rings. The second-order valence-electron chi connectivity index (χ2n) is 10.9. The maximum absolute atomic E-state index is 5.07. The van der Waals surface area contributed by atoms with Gasteiger partial charge in [-0.05, 0) is 53.4 Å². The molecule has 0 atom stereocenters. The smallest absolute Gasteiger partial charge is 0.137 e. The van der Waals surface area contributed by atoms with Gasteiger partial charge in [-0.15, -0.1) is 11.3 Å². The summed E-state index contributed by atoms with van der Waals surface area (Å²) in [6, 6.07) is 51.9. The van der Waals surface area contributed by atoms with Crippen LogP contribution in [-0.4, -0.2) is 14.0 Å². The topological polar surface area (TPSA) is 22.2 Å². The van der Waals surface area contributed by atoms with E-state index in [1.54, 1.807) is 0 Å². The van der Waals surface area contributed by atoms with Crippen molar-refractivity contribution >= 4 is 48.9 Å². The third kappa shape index (κ3) is 3.77. The fraction of sp³-hybridized carbons (Fsp3) is 0. The van der Waals surface area contributed by atoms with Crippen molar-refractivity contribution in [3.05, 3.63) is 152 Å². The van der Waals surface area contributed by atoms with Crippen LogP contribution in [0.2, 0.25) is 0 Å². The van der Waals surface area contributed by atoms with Crippen LogP contribution in [0.1, 0.15) is 0 Å². The lowest BCUT2D eigenvalue weighted by Crippen LogP contribution is -1.94. The van der Waals surface area contributed by atoms with Gasteiger partial charge in [0.15, 0.2) is 0 Å². The number of pyridine rings is 1. The molecule has 0 bridgehead atoms. The summed E-state index contributed by atoms with van der Waals surface area (Å²) in [5, 5.41) is 3.88. The Balaban J connectivity index is 1.22. The Labute approximate surface area is 252 Å². The van der Waals surface area contributed by atoms with Crippen LogP contribution in [0.4, 0.5) is 0 Å². The molecule has 5 aromatic carbocycles. The first-order valence-electron chi connectivity index (χ1n) is 14.5. The molecule has 0 amide bonds. The molecule has 4 heteroatoms. The highest BCUT2D eigenvalue weighted by atomic mass is 32.1. The molecule has 43 heavy (non-hydrogen) atoms. The molecule has 0 saturated heterocycles. The summed E-state index contributed by atoms with van der Waals surface area (Å²) in [5.74, 6) is 0. The first-order valence-corrected chi connectivity index (χ1v) is 15.3. The van der Waals surface area contributed by atoms with E-state index in [1.807, 2.05) is 17.4 Å². The number of rotatable bonds is 4. The van der Waals surface area contributed by atoms with Gasteiger partial charge in [0, 0.05) is 43.4 Å². The molecule has 0 N–H and O–H groups in total. The van der Waals surface area contributed by atoms with Crippen LogP contribution in [-0.2, 0) is 0 Å². The van der Waals surface area contributed by atoms with Gasteiger partial charge in [0.25, 0.3) is 0 Å². The van der Waals surface area contributed by atoms with Crippen molar-refractivity contribution in [2.24, 2.45) is 0 Å². The number of nitrogens with zero attached hydrogens (tertiary/aromatic N) is 3. The molecule has 9 aromatic rings. The normalized spacial score (nSPS) is 11.7. The van der Waals surface area contributed by atoms with Gasteiger partial charge in [0.05, 0.1) is 22.4 Å². The van der Waals surface area contributed by atoms with Gasteiger partial charge in [-0.2, -0.15) is 0 Å². The van der Waals surface area contributed by atoms with Gasteiger partial charge in [-0.3, -0.25) is 4.40 Å². The van der Waals surface area contributed by atoms with Crippen molar-refractivity contribution in [3.63, 3.8) is 0 Å². The molecule has 0 unspecified atom stereocenters. The molecule has 9 rings (SSSR count). The van der Waals surface area contributed by atoms with Crippen molar-refractivity contribution in [1.82, 2.24) is 14.0 Å². The maximum atomic E-state index is 5.07. The Morgan fingerprint density at radius 1 is 0.558 bits per heavy atom. The molecule has 0 aliphatic rings. The van der Waals surface area contributed by atoms with Crippen LogP contribution < -0.4 is 0 Å². The number of hydrogen-bond donors (Lipinski definition) is 0. The molecule has 202 valence electrons. The predicted molar refractivity (Wildman–Crippen MR) is 181 cm³/mol. The summed E-state index contributed by atoms with van der Waals surface area (Å²) in [6.45, 7) is 0. The van der Waals surface area contributed by atoms with Crippen molar-refractivity contribution in [3.8, 4) is 38.6 Å². The SMILES string of the molecule is c1ccc(-c2cc3ccc4c(c5ccccc5n4-c4ccc(-c5nc6ccccn6c5-c5ccccc5)cc4)c3s2)cc1. The summed E-state index contributed by atoms with van der Waals surface area (Å²) < 4.78 is 5.92. The summed E-state index contributed by atoms with van der Waals surface area (Å²) in [7, 11) is 0. The molecule has 0 aliphatic heterocycles. The highest BCUT2D eigenvalue weighted by Gasteiger charge is 2.19. The van der Waals surface area contributed by atoms with E-state index in [0.717, 1.165) is 33.8 Å². The molecule has 0 aliphatic carbocycles. The number of aromatic nitrogens is 3. The van der Waals surface area contributed by atoms with E-state index in [-0.39, 0.29) is 0 Å². The van der Waals surface area contributed by atoms with E-state index in [4.69, 9.17) is 4.98 Å². The van der Waals surface area contributed by atoms with Gasteiger partial charge in [-0.1, -0.05) is 103 Å².